The number of halogens is 1. The first-order valence-corrected chi connectivity index (χ1v) is 9.24. The number of pyridine rings is 1. The summed E-state index contributed by atoms with van der Waals surface area (Å²) in [6.45, 7) is -0.105. The molecule has 1 aliphatic heterocycles. The van der Waals surface area contributed by atoms with Gasteiger partial charge in [-0.25, -0.2) is 9.18 Å². The molecule has 1 saturated heterocycles. The number of amides is 1. The third-order valence-electron chi connectivity index (χ3n) is 4.89. The summed E-state index contributed by atoms with van der Waals surface area (Å²) in [6.07, 6.45) is -1.06. The maximum absolute atomic E-state index is 14.1. The molecule has 158 valence electrons. The second kappa shape index (κ2) is 9.39. The average Bonchev–Trinajstić information content (AvgIpc) is 2.77. The summed E-state index contributed by atoms with van der Waals surface area (Å²) in [6, 6.07) is 8.57. The topological polar surface area (TPSA) is 130 Å². The maximum Gasteiger partial charge on any atom is 0.407 e. The van der Waals surface area contributed by atoms with Gasteiger partial charge >= 0.3 is 6.09 Å². The summed E-state index contributed by atoms with van der Waals surface area (Å²) in [7, 11) is 0. The Morgan fingerprint density at radius 3 is 2.67 bits per heavy atom. The molecule has 1 aromatic heterocycles. The van der Waals surface area contributed by atoms with Crippen LogP contribution in [0.25, 0.3) is 0 Å². The van der Waals surface area contributed by atoms with E-state index in [9.17, 15) is 24.5 Å². The van der Waals surface area contributed by atoms with Crippen LogP contribution in [0.15, 0.2) is 30.3 Å². The number of aliphatic hydroxyl groups is 2. The van der Waals surface area contributed by atoms with Crippen molar-refractivity contribution in [2.75, 3.05) is 31.1 Å². The fourth-order valence-corrected chi connectivity index (χ4v) is 3.26. The third-order valence-corrected chi connectivity index (χ3v) is 4.89. The van der Waals surface area contributed by atoms with Gasteiger partial charge in [-0.05, 0) is 18.2 Å². The van der Waals surface area contributed by atoms with Gasteiger partial charge < -0.3 is 29.9 Å². The minimum atomic E-state index is -1.06. The lowest BCUT2D eigenvalue weighted by Crippen LogP contribution is -2.56. The van der Waals surface area contributed by atoms with Crippen LogP contribution < -0.4 is 9.64 Å². The van der Waals surface area contributed by atoms with Crippen molar-refractivity contribution >= 4 is 11.9 Å². The van der Waals surface area contributed by atoms with Gasteiger partial charge in [0.05, 0.1) is 30.9 Å². The molecule has 3 rings (SSSR count). The van der Waals surface area contributed by atoms with Crippen LogP contribution in [-0.4, -0.2) is 63.6 Å². The van der Waals surface area contributed by atoms with Crippen molar-refractivity contribution in [3.63, 3.8) is 0 Å². The number of rotatable bonds is 6. The molecule has 1 aliphatic rings. The number of nitrogens with zero attached hydrogens (tertiary/aromatic N) is 4. The van der Waals surface area contributed by atoms with E-state index in [-0.39, 0.29) is 56.5 Å². The van der Waals surface area contributed by atoms with Gasteiger partial charge in [0.25, 0.3) is 0 Å². The monoisotopic (exact) mass is 416 g/mol. The first-order chi connectivity index (χ1) is 14.5. The number of ether oxygens (including phenoxy) is 1. The molecule has 0 unspecified atom stereocenters. The number of aliphatic hydroxyl groups excluding tert-OH is 2. The molecule has 1 fully saturated rings. The highest BCUT2D eigenvalue weighted by Crippen LogP contribution is 2.26. The van der Waals surface area contributed by atoms with Gasteiger partial charge in [-0.3, -0.25) is 0 Å². The molecular weight excluding hydrogens is 395 g/mol. The van der Waals surface area contributed by atoms with Crippen LogP contribution in [0.3, 0.4) is 0 Å². The Balaban J connectivity index is 1.80. The molecule has 0 radical (unpaired) electrons. The predicted octanol–water partition coefficient (Wildman–Crippen LogP) is 1.32. The molecule has 30 heavy (non-hydrogen) atoms. The summed E-state index contributed by atoms with van der Waals surface area (Å²) in [4.78, 5) is 18.6. The number of hydrogen-bond acceptors (Lipinski definition) is 7. The summed E-state index contributed by atoms with van der Waals surface area (Å²) in [5.41, 5.74) is 0.959. The lowest BCUT2D eigenvalue weighted by atomic mass is 10.1. The highest BCUT2D eigenvalue weighted by atomic mass is 19.1. The molecule has 10 heteroatoms. The van der Waals surface area contributed by atoms with E-state index in [0.29, 0.717) is 11.4 Å². The number of carbonyl (C=O) groups is 1. The Kier molecular flexibility index (Phi) is 6.66. The van der Waals surface area contributed by atoms with Crippen LogP contribution in [0.1, 0.15) is 16.7 Å². The van der Waals surface area contributed by atoms with E-state index in [1.54, 1.807) is 11.0 Å². The first-order valence-electron chi connectivity index (χ1n) is 9.24. The van der Waals surface area contributed by atoms with Crippen molar-refractivity contribution in [1.82, 2.24) is 9.88 Å². The van der Waals surface area contributed by atoms with Crippen molar-refractivity contribution in [1.29, 1.82) is 5.26 Å². The first kappa shape index (κ1) is 21.3. The van der Waals surface area contributed by atoms with Gasteiger partial charge in [0, 0.05) is 36.8 Å². The number of benzene rings is 1. The van der Waals surface area contributed by atoms with Gasteiger partial charge in [0.1, 0.15) is 18.2 Å². The lowest BCUT2D eigenvalue weighted by Gasteiger charge is -2.40. The number of carboxylic acid groups (broad SMARTS) is 1. The standard InChI is InChI=1S/C20H21FN4O5/c21-17-7-13(8-22)1-2-15(17)12-30-18-4-3-14(10-26)19(23-18)25-6-5-24(20(28)29)9-16(25)11-27/h1-4,7,16,26-27H,5-6,9-12H2,(H,28,29)/t16-/m1/s1. The Morgan fingerprint density at radius 2 is 2.03 bits per heavy atom. The Labute approximate surface area is 172 Å². The summed E-state index contributed by atoms with van der Waals surface area (Å²) >= 11 is 0. The summed E-state index contributed by atoms with van der Waals surface area (Å²) in [5.74, 6) is -0.00547. The van der Waals surface area contributed by atoms with E-state index >= 15 is 0 Å². The quantitative estimate of drug-likeness (QED) is 0.643. The Hall–Kier alpha value is -3.42. The van der Waals surface area contributed by atoms with Gasteiger partial charge in [0.2, 0.25) is 5.88 Å². The van der Waals surface area contributed by atoms with Gasteiger partial charge in [-0.2, -0.15) is 10.2 Å². The molecular formula is C20H21FN4O5. The van der Waals surface area contributed by atoms with Crippen molar-refractivity contribution in [2.45, 2.75) is 19.3 Å². The van der Waals surface area contributed by atoms with Crippen molar-refractivity contribution < 1.29 is 29.2 Å². The van der Waals surface area contributed by atoms with E-state index in [1.165, 1.54) is 23.1 Å². The second-order valence-corrected chi connectivity index (χ2v) is 6.76. The molecule has 0 saturated carbocycles. The second-order valence-electron chi connectivity index (χ2n) is 6.76. The molecule has 1 aromatic carbocycles. The van der Waals surface area contributed by atoms with Crippen LogP contribution in [0.4, 0.5) is 15.0 Å². The maximum atomic E-state index is 14.1. The van der Waals surface area contributed by atoms with Crippen LogP contribution >= 0.6 is 0 Å². The zero-order chi connectivity index (χ0) is 21.7. The highest BCUT2D eigenvalue weighted by molar-refractivity contribution is 5.66. The average molecular weight is 416 g/mol. The molecule has 9 nitrogen and oxygen atoms in total. The largest absolute Gasteiger partial charge is 0.473 e. The van der Waals surface area contributed by atoms with E-state index in [0.717, 1.165) is 6.07 Å². The molecule has 0 aliphatic carbocycles. The zero-order valence-electron chi connectivity index (χ0n) is 16.0. The van der Waals surface area contributed by atoms with E-state index in [4.69, 9.17) is 10.00 Å². The fourth-order valence-electron chi connectivity index (χ4n) is 3.26. The third kappa shape index (κ3) is 4.59. The number of hydrogen-bond donors (Lipinski definition) is 3. The lowest BCUT2D eigenvalue weighted by molar-refractivity contribution is 0.124. The van der Waals surface area contributed by atoms with Gasteiger partial charge in [0.15, 0.2) is 0 Å². The summed E-state index contributed by atoms with van der Waals surface area (Å²) in [5, 5.41) is 37.4. The normalized spacial score (nSPS) is 16.3. The van der Waals surface area contributed by atoms with E-state index < -0.39 is 18.0 Å². The predicted molar refractivity (Wildman–Crippen MR) is 103 cm³/mol. The number of aromatic nitrogens is 1. The van der Waals surface area contributed by atoms with E-state index in [2.05, 4.69) is 4.98 Å². The van der Waals surface area contributed by atoms with Crippen molar-refractivity contribution in [3.05, 3.63) is 52.8 Å². The molecule has 1 atom stereocenters. The van der Waals surface area contributed by atoms with Crippen LogP contribution in [0.5, 0.6) is 5.88 Å². The zero-order valence-corrected chi connectivity index (χ0v) is 16.0. The smallest absolute Gasteiger partial charge is 0.407 e. The Morgan fingerprint density at radius 1 is 1.27 bits per heavy atom. The van der Waals surface area contributed by atoms with Gasteiger partial charge in [-0.1, -0.05) is 6.07 Å². The fraction of sp³-hybridized carbons (Fsp3) is 0.350. The van der Waals surface area contributed by atoms with Gasteiger partial charge in [-0.15, -0.1) is 0 Å². The molecule has 3 N–H and O–H groups in total. The minimum absolute atomic E-state index is 0.0971. The van der Waals surface area contributed by atoms with Crippen LogP contribution in [0, 0.1) is 17.1 Å². The SMILES string of the molecule is N#Cc1ccc(COc2ccc(CO)c(N3CCN(C(=O)O)C[C@@H]3CO)n2)c(F)c1. The molecule has 2 aromatic rings. The number of anilines is 1. The van der Waals surface area contributed by atoms with Crippen molar-refractivity contribution in [3.8, 4) is 11.9 Å². The molecule has 2 heterocycles. The summed E-state index contributed by atoms with van der Waals surface area (Å²) < 4.78 is 19.7. The Bertz CT molecular complexity index is 965. The van der Waals surface area contributed by atoms with Crippen molar-refractivity contribution in [2.24, 2.45) is 0 Å². The highest BCUT2D eigenvalue weighted by Gasteiger charge is 2.31. The number of piperazine rings is 1. The van der Waals surface area contributed by atoms with E-state index in [1.807, 2.05) is 6.07 Å². The molecule has 1 amide bonds. The molecule has 0 bridgehead atoms. The molecule has 0 spiro atoms. The minimum Gasteiger partial charge on any atom is -0.473 e. The number of nitriles is 1. The van der Waals surface area contributed by atoms with Crippen LogP contribution in [0.2, 0.25) is 0 Å². The van der Waals surface area contributed by atoms with Crippen LogP contribution in [-0.2, 0) is 13.2 Å².